The van der Waals surface area contributed by atoms with Crippen LogP contribution in [0.5, 0.6) is 11.5 Å². The standard InChI is InChI=1S/C19H15ClO5/c1-11-7-13(24-10-17(21)23-2)9-15-18(11)19(22)16(25-15)8-12-5-3-4-6-14(12)20/h3-9H,10H2,1-2H3/b16-8-. The van der Waals surface area contributed by atoms with Crippen molar-refractivity contribution in [3.63, 3.8) is 0 Å². The molecule has 0 saturated carbocycles. The summed E-state index contributed by atoms with van der Waals surface area (Å²) in [6.45, 7) is 1.56. The molecule has 25 heavy (non-hydrogen) atoms. The maximum absolute atomic E-state index is 12.6. The van der Waals surface area contributed by atoms with Crippen LogP contribution in [0, 0.1) is 6.92 Å². The highest BCUT2D eigenvalue weighted by Crippen LogP contribution is 2.37. The molecule has 128 valence electrons. The molecule has 0 fully saturated rings. The van der Waals surface area contributed by atoms with Crippen LogP contribution in [-0.4, -0.2) is 25.5 Å². The van der Waals surface area contributed by atoms with Gasteiger partial charge in [0.2, 0.25) is 5.78 Å². The number of hydrogen-bond acceptors (Lipinski definition) is 5. The minimum atomic E-state index is -0.491. The van der Waals surface area contributed by atoms with Crippen molar-refractivity contribution in [2.45, 2.75) is 6.92 Å². The number of ketones is 1. The molecular weight excluding hydrogens is 344 g/mol. The fraction of sp³-hybridized carbons (Fsp3) is 0.158. The van der Waals surface area contributed by atoms with E-state index in [0.29, 0.717) is 33.2 Å². The van der Waals surface area contributed by atoms with Gasteiger partial charge in [-0.15, -0.1) is 0 Å². The second-order valence-corrected chi connectivity index (χ2v) is 5.85. The Morgan fingerprint density at radius 2 is 2.04 bits per heavy atom. The van der Waals surface area contributed by atoms with Crippen LogP contribution in [-0.2, 0) is 9.53 Å². The van der Waals surface area contributed by atoms with Crippen LogP contribution in [0.3, 0.4) is 0 Å². The van der Waals surface area contributed by atoms with Gasteiger partial charge in [-0.05, 0) is 36.3 Å². The van der Waals surface area contributed by atoms with Gasteiger partial charge in [0, 0.05) is 11.1 Å². The zero-order valence-corrected chi connectivity index (χ0v) is 14.4. The molecule has 0 aliphatic carbocycles. The zero-order valence-electron chi connectivity index (χ0n) is 13.7. The number of rotatable bonds is 4. The summed E-state index contributed by atoms with van der Waals surface area (Å²) in [6.07, 6.45) is 1.61. The van der Waals surface area contributed by atoms with E-state index in [0.717, 1.165) is 0 Å². The monoisotopic (exact) mass is 358 g/mol. The number of ether oxygens (including phenoxy) is 3. The van der Waals surface area contributed by atoms with Gasteiger partial charge in [0.15, 0.2) is 12.4 Å². The van der Waals surface area contributed by atoms with E-state index in [1.807, 2.05) is 12.1 Å². The van der Waals surface area contributed by atoms with Gasteiger partial charge in [-0.3, -0.25) is 4.79 Å². The Bertz CT molecular complexity index is 885. The fourth-order valence-electron chi connectivity index (χ4n) is 2.50. The van der Waals surface area contributed by atoms with Crippen LogP contribution in [0.4, 0.5) is 0 Å². The average molecular weight is 359 g/mol. The first kappa shape index (κ1) is 17.0. The number of Topliss-reactive ketones (excluding diaryl/α,β-unsaturated/α-hetero) is 1. The molecule has 3 rings (SSSR count). The Balaban J connectivity index is 1.89. The Morgan fingerprint density at radius 3 is 2.76 bits per heavy atom. The van der Waals surface area contributed by atoms with Crippen molar-refractivity contribution in [1.29, 1.82) is 0 Å². The summed E-state index contributed by atoms with van der Waals surface area (Å²) in [5, 5.41) is 0.529. The van der Waals surface area contributed by atoms with Crippen molar-refractivity contribution in [2.24, 2.45) is 0 Å². The van der Waals surface area contributed by atoms with E-state index >= 15 is 0 Å². The lowest BCUT2D eigenvalue weighted by atomic mass is 10.0. The molecule has 0 bridgehead atoms. The highest BCUT2D eigenvalue weighted by atomic mass is 35.5. The second kappa shape index (κ2) is 6.99. The van der Waals surface area contributed by atoms with Gasteiger partial charge in [-0.2, -0.15) is 0 Å². The number of carbonyl (C=O) groups is 2. The minimum absolute atomic E-state index is 0.191. The SMILES string of the molecule is COC(=O)COc1cc(C)c2c(c1)O/C(=C\c1ccccc1Cl)C2=O. The molecule has 0 aromatic heterocycles. The molecule has 0 unspecified atom stereocenters. The summed E-state index contributed by atoms with van der Waals surface area (Å²) in [7, 11) is 1.28. The molecule has 1 heterocycles. The number of carbonyl (C=O) groups excluding carboxylic acids is 2. The lowest BCUT2D eigenvalue weighted by Crippen LogP contribution is -2.12. The first-order chi connectivity index (χ1) is 12.0. The van der Waals surface area contributed by atoms with Crippen molar-refractivity contribution in [1.82, 2.24) is 0 Å². The predicted octanol–water partition coefficient (Wildman–Crippen LogP) is 3.82. The molecule has 0 amide bonds. The molecule has 6 heteroatoms. The van der Waals surface area contributed by atoms with Gasteiger partial charge >= 0.3 is 5.97 Å². The van der Waals surface area contributed by atoms with E-state index in [4.69, 9.17) is 21.1 Å². The second-order valence-electron chi connectivity index (χ2n) is 5.44. The quantitative estimate of drug-likeness (QED) is 0.614. The van der Waals surface area contributed by atoms with Gasteiger partial charge < -0.3 is 14.2 Å². The zero-order chi connectivity index (χ0) is 18.0. The third-order valence-electron chi connectivity index (χ3n) is 3.72. The number of benzene rings is 2. The average Bonchev–Trinajstić information content (AvgIpc) is 2.91. The highest BCUT2D eigenvalue weighted by molar-refractivity contribution is 6.32. The first-order valence-corrected chi connectivity index (χ1v) is 7.90. The van der Waals surface area contributed by atoms with E-state index in [9.17, 15) is 9.59 Å². The molecule has 2 aromatic carbocycles. The largest absolute Gasteiger partial charge is 0.482 e. The molecule has 1 aliphatic rings. The molecule has 1 aliphatic heterocycles. The molecular formula is C19H15ClO5. The Morgan fingerprint density at radius 1 is 1.28 bits per heavy atom. The molecule has 0 N–H and O–H groups in total. The summed E-state index contributed by atoms with van der Waals surface area (Å²) < 4.78 is 15.6. The number of esters is 1. The molecule has 5 nitrogen and oxygen atoms in total. The van der Waals surface area contributed by atoms with Crippen LogP contribution in [0.2, 0.25) is 5.02 Å². The highest BCUT2D eigenvalue weighted by Gasteiger charge is 2.30. The smallest absolute Gasteiger partial charge is 0.343 e. The van der Waals surface area contributed by atoms with E-state index in [1.165, 1.54) is 7.11 Å². The van der Waals surface area contributed by atoms with Crippen LogP contribution in [0.25, 0.3) is 6.08 Å². The third kappa shape index (κ3) is 3.51. The van der Waals surface area contributed by atoms with Gasteiger partial charge in [0.05, 0.1) is 12.7 Å². The fourth-order valence-corrected chi connectivity index (χ4v) is 2.69. The Labute approximate surface area is 149 Å². The number of halogens is 1. The van der Waals surface area contributed by atoms with Crippen molar-refractivity contribution in [3.05, 3.63) is 63.9 Å². The van der Waals surface area contributed by atoms with Gasteiger partial charge in [-0.1, -0.05) is 29.8 Å². The number of hydrogen-bond donors (Lipinski definition) is 0. The van der Waals surface area contributed by atoms with Crippen molar-refractivity contribution in [2.75, 3.05) is 13.7 Å². The van der Waals surface area contributed by atoms with E-state index in [2.05, 4.69) is 4.74 Å². The summed E-state index contributed by atoms with van der Waals surface area (Å²) in [5.74, 6) is 0.300. The van der Waals surface area contributed by atoms with Crippen LogP contribution < -0.4 is 9.47 Å². The number of allylic oxidation sites excluding steroid dienone is 1. The first-order valence-electron chi connectivity index (χ1n) is 7.52. The topological polar surface area (TPSA) is 61.8 Å². The number of aryl methyl sites for hydroxylation is 1. The van der Waals surface area contributed by atoms with Gasteiger partial charge in [-0.25, -0.2) is 4.79 Å². The number of methoxy groups -OCH3 is 1. The summed E-state index contributed by atoms with van der Waals surface area (Å²) in [5.41, 5.74) is 1.87. The minimum Gasteiger partial charge on any atom is -0.482 e. The molecule has 0 atom stereocenters. The van der Waals surface area contributed by atoms with Crippen molar-refractivity contribution < 1.29 is 23.8 Å². The molecule has 2 aromatic rings. The van der Waals surface area contributed by atoms with Crippen LogP contribution in [0.15, 0.2) is 42.2 Å². The molecule has 0 spiro atoms. The predicted molar refractivity (Wildman–Crippen MR) is 93.1 cm³/mol. The Hall–Kier alpha value is -2.79. The Kier molecular flexibility index (Phi) is 4.76. The lowest BCUT2D eigenvalue weighted by Gasteiger charge is -2.08. The normalized spacial score (nSPS) is 14.2. The van der Waals surface area contributed by atoms with Crippen LogP contribution in [0.1, 0.15) is 21.5 Å². The third-order valence-corrected chi connectivity index (χ3v) is 4.06. The van der Waals surface area contributed by atoms with Crippen molar-refractivity contribution >= 4 is 29.4 Å². The lowest BCUT2D eigenvalue weighted by molar-refractivity contribution is -0.142. The maximum atomic E-state index is 12.6. The maximum Gasteiger partial charge on any atom is 0.343 e. The van der Waals surface area contributed by atoms with E-state index in [-0.39, 0.29) is 18.1 Å². The van der Waals surface area contributed by atoms with Gasteiger partial charge in [0.1, 0.15) is 11.5 Å². The summed E-state index contributed by atoms with van der Waals surface area (Å²) >= 11 is 6.13. The van der Waals surface area contributed by atoms with E-state index in [1.54, 1.807) is 37.3 Å². The molecule has 0 saturated heterocycles. The molecule has 0 radical (unpaired) electrons. The van der Waals surface area contributed by atoms with Crippen LogP contribution >= 0.6 is 11.6 Å². The van der Waals surface area contributed by atoms with E-state index < -0.39 is 5.97 Å². The van der Waals surface area contributed by atoms with Crippen molar-refractivity contribution in [3.8, 4) is 11.5 Å². The summed E-state index contributed by atoms with van der Waals surface area (Å²) in [6, 6.07) is 10.4. The number of fused-ring (bicyclic) bond motifs is 1. The summed E-state index contributed by atoms with van der Waals surface area (Å²) in [4.78, 5) is 23.8. The van der Waals surface area contributed by atoms with Gasteiger partial charge in [0.25, 0.3) is 0 Å².